The summed E-state index contributed by atoms with van der Waals surface area (Å²) in [6.45, 7) is 0. The van der Waals surface area contributed by atoms with E-state index in [1.54, 1.807) is 11.8 Å². The fourth-order valence-corrected chi connectivity index (χ4v) is 2.37. The van der Waals surface area contributed by atoms with Crippen LogP contribution in [0.3, 0.4) is 0 Å². The third-order valence-corrected chi connectivity index (χ3v) is 3.72. The number of Topliss-reactive ketones (excluding diaryl/α,β-unsaturated/α-hetero) is 1. The monoisotopic (exact) mass is 306 g/mol. The average molecular weight is 308 g/mol. The zero-order valence-electron chi connectivity index (χ0n) is 8.43. The summed E-state index contributed by atoms with van der Waals surface area (Å²) >= 11 is 10.6. The Bertz CT molecular complexity index is 354. The molecule has 0 saturated heterocycles. The molecule has 82 valence electrons. The molecule has 0 heterocycles. The van der Waals surface area contributed by atoms with E-state index >= 15 is 0 Å². The molecule has 1 aromatic carbocycles. The lowest BCUT2D eigenvalue weighted by Gasteiger charge is -2.07. The van der Waals surface area contributed by atoms with Crippen LogP contribution in [0.5, 0.6) is 0 Å². The van der Waals surface area contributed by atoms with Gasteiger partial charge in [0.15, 0.2) is 5.78 Å². The van der Waals surface area contributed by atoms with Crippen molar-refractivity contribution in [1.82, 2.24) is 0 Å². The van der Waals surface area contributed by atoms with E-state index in [0.717, 1.165) is 10.9 Å². The Balaban J connectivity index is 2.92. The second-order valence-corrected chi connectivity index (χ2v) is 4.83. The summed E-state index contributed by atoms with van der Waals surface area (Å²) in [5.41, 5.74) is 2.23. The van der Waals surface area contributed by atoms with Gasteiger partial charge in [0, 0.05) is 16.6 Å². The number of hydrogen-bond acceptors (Lipinski definition) is 2. The maximum Gasteiger partial charge on any atom is 0.151 e. The molecule has 0 atom stereocenters. The van der Waals surface area contributed by atoms with E-state index in [-0.39, 0.29) is 11.7 Å². The summed E-state index contributed by atoms with van der Waals surface area (Å²) in [6, 6.07) is 6.15. The van der Waals surface area contributed by atoms with Crippen LogP contribution in [0.1, 0.15) is 11.1 Å². The third kappa shape index (κ3) is 3.82. The number of ketones is 1. The fourth-order valence-electron chi connectivity index (χ4n) is 1.29. The number of carbonyl (C=O) groups is 1. The van der Waals surface area contributed by atoms with Gasteiger partial charge in [-0.3, -0.25) is 4.79 Å². The largest absolute Gasteiger partial charge is 0.298 e. The van der Waals surface area contributed by atoms with Crippen molar-refractivity contribution in [2.75, 3.05) is 12.1 Å². The predicted octanol–water partition coefficient (Wildman–Crippen LogP) is 3.65. The second kappa shape index (κ2) is 6.56. The molecule has 0 aliphatic rings. The van der Waals surface area contributed by atoms with Gasteiger partial charge in [-0.25, -0.2) is 0 Å². The predicted molar refractivity (Wildman–Crippen MR) is 70.3 cm³/mol. The summed E-state index contributed by atoms with van der Waals surface area (Å²) in [7, 11) is 0. The average Bonchev–Trinajstić information content (AvgIpc) is 2.29. The maximum atomic E-state index is 11.3. The Hall–Kier alpha value is 0.01000. The van der Waals surface area contributed by atoms with Crippen LogP contribution in [-0.4, -0.2) is 17.9 Å². The molecule has 0 fully saturated rings. The van der Waals surface area contributed by atoms with Crippen molar-refractivity contribution in [2.24, 2.45) is 0 Å². The van der Waals surface area contributed by atoms with E-state index in [0.29, 0.717) is 6.42 Å². The van der Waals surface area contributed by atoms with Crippen molar-refractivity contribution in [3.8, 4) is 0 Å². The SMILES string of the molecule is CSc1ccc(CC(=O)CCl)c(CBr)c1. The van der Waals surface area contributed by atoms with E-state index in [4.69, 9.17) is 11.6 Å². The minimum Gasteiger partial charge on any atom is -0.298 e. The van der Waals surface area contributed by atoms with Gasteiger partial charge in [-0.2, -0.15) is 0 Å². The molecule has 0 spiro atoms. The molecular formula is C11H12BrClOS. The molecule has 0 N–H and O–H groups in total. The summed E-state index contributed by atoms with van der Waals surface area (Å²) in [4.78, 5) is 12.5. The second-order valence-electron chi connectivity index (χ2n) is 3.12. The van der Waals surface area contributed by atoms with Gasteiger partial charge in [0.2, 0.25) is 0 Å². The number of thioether (sulfide) groups is 1. The van der Waals surface area contributed by atoms with E-state index in [1.807, 2.05) is 18.4 Å². The van der Waals surface area contributed by atoms with Crippen molar-refractivity contribution < 1.29 is 4.79 Å². The Kier molecular flexibility index (Phi) is 5.72. The highest BCUT2D eigenvalue weighted by Gasteiger charge is 2.07. The molecule has 0 bridgehead atoms. The first kappa shape index (κ1) is 13.1. The topological polar surface area (TPSA) is 17.1 Å². The minimum absolute atomic E-state index is 0.0655. The van der Waals surface area contributed by atoms with Crippen molar-refractivity contribution >= 4 is 45.1 Å². The van der Waals surface area contributed by atoms with E-state index in [2.05, 4.69) is 22.0 Å². The molecule has 0 aromatic heterocycles. The van der Waals surface area contributed by atoms with Gasteiger partial charge in [-0.15, -0.1) is 23.4 Å². The lowest BCUT2D eigenvalue weighted by atomic mass is 10.0. The molecule has 0 saturated carbocycles. The number of benzene rings is 1. The lowest BCUT2D eigenvalue weighted by molar-refractivity contribution is -0.116. The van der Waals surface area contributed by atoms with Crippen LogP contribution in [0.2, 0.25) is 0 Å². The van der Waals surface area contributed by atoms with Crippen LogP contribution in [-0.2, 0) is 16.5 Å². The lowest BCUT2D eigenvalue weighted by Crippen LogP contribution is -2.05. The van der Waals surface area contributed by atoms with Crippen molar-refractivity contribution in [3.05, 3.63) is 29.3 Å². The number of alkyl halides is 2. The van der Waals surface area contributed by atoms with E-state index < -0.39 is 0 Å². The summed E-state index contributed by atoms with van der Waals surface area (Å²) in [6.07, 6.45) is 2.47. The van der Waals surface area contributed by atoms with Crippen LogP contribution in [0.25, 0.3) is 0 Å². The first-order valence-corrected chi connectivity index (χ1v) is 7.38. The van der Waals surface area contributed by atoms with Gasteiger partial charge < -0.3 is 0 Å². The van der Waals surface area contributed by atoms with Crippen molar-refractivity contribution in [1.29, 1.82) is 0 Å². The molecule has 1 aromatic rings. The Morgan fingerprint density at radius 3 is 2.73 bits per heavy atom. The summed E-state index contributed by atoms with van der Waals surface area (Å²) < 4.78 is 0. The normalized spacial score (nSPS) is 10.3. The van der Waals surface area contributed by atoms with Crippen LogP contribution in [0, 0.1) is 0 Å². The van der Waals surface area contributed by atoms with E-state index in [9.17, 15) is 4.79 Å². The van der Waals surface area contributed by atoms with E-state index in [1.165, 1.54) is 10.5 Å². The zero-order chi connectivity index (χ0) is 11.3. The first-order valence-electron chi connectivity index (χ1n) is 4.50. The number of carbonyl (C=O) groups excluding carboxylic acids is 1. The zero-order valence-corrected chi connectivity index (χ0v) is 11.6. The molecule has 1 rings (SSSR count). The van der Waals surface area contributed by atoms with Gasteiger partial charge in [-0.1, -0.05) is 22.0 Å². The molecule has 15 heavy (non-hydrogen) atoms. The first-order chi connectivity index (χ1) is 7.21. The highest BCUT2D eigenvalue weighted by molar-refractivity contribution is 9.08. The number of rotatable bonds is 5. The third-order valence-electron chi connectivity index (χ3n) is 2.09. The standard InChI is InChI=1S/C11H12BrClOS/c1-15-11-3-2-8(4-10(14)7-13)9(5-11)6-12/h2-3,5H,4,6-7H2,1H3. The van der Waals surface area contributed by atoms with Gasteiger partial charge in [-0.05, 0) is 29.5 Å². The fraction of sp³-hybridized carbons (Fsp3) is 0.364. The van der Waals surface area contributed by atoms with Gasteiger partial charge in [0.25, 0.3) is 0 Å². The molecular weight excluding hydrogens is 296 g/mol. The number of halogens is 2. The maximum absolute atomic E-state index is 11.3. The van der Waals surface area contributed by atoms with Crippen LogP contribution in [0.4, 0.5) is 0 Å². The molecule has 0 radical (unpaired) electrons. The van der Waals surface area contributed by atoms with Crippen LogP contribution in [0.15, 0.2) is 23.1 Å². The Morgan fingerprint density at radius 1 is 1.47 bits per heavy atom. The highest BCUT2D eigenvalue weighted by atomic mass is 79.9. The quantitative estimate of drug-likeness (QED) is 0.610. The smallest absolute Gasteiger partial charge is 0.151 e. The van der Waals surface area contributed by atoms with Crippen molar-refractivity contribution in [3.63, 3.8) is 0 Å². The van der Waals surface area contributed by atoms with Crippen LogP contribution >= 0.6 is 39.3 Å². The highest BCUT2D eigenvalue weighted by Crippen LogP contribution is 2.22. The molecule has 0 unspecified atom stereocenters. The Labute approximate surface area is 108 Å². The number of hydrogen-bond donors (Lipinski definition) is 0. The Morgan fingerprint density at radius 2 is 2.20 bits per heavy atom. The molecule has 0 aliphatic heterocycles. The van der Waals surface area contributed by atoms with Gasteiger partial charge in [0.05, 0.1) is 5.88 Å². The van der Waals surface area contributed by atoms with Gasteiger partial charge in [0.1, 0.15) is 0 Å². The van der Waals surface area contributed by atoms with Crippen LogP contribution < -0.4 is 0 Å². The molecule has 4 heteroatoms. The molecule has 0 aliphatic carbocycles. The van der Waals surface area contributed by atoms with Gasteiger partial charge >= 0.3 is 0 Å². The molecule has 0 amide bonds. The molecule has 1 nitrogen and oxygen atoms in total. The summed E-state index contributed by atoms with van der Waals surface area (Å²) in [5, 5.41) is 0.770. The summed E-state index contributed by atoms with van der Waals surface area (Å²) in [5.74, 6) is 0.155. The van der Waals surface area contributed by atoms with Crippen molar-refractivity contribution in [2.45, 2.75) is 16.6 Å². The minimum atomic E-state index is 0.0655.